The number of unbranched alkanes of at least 4 members (excludes halogenated alkanes) is 1. The zero-order valence-corrected chi connectivity index (χ0v) is 7.39. The number of carbonyl (C=O) groups is 1. The van der Waals surface area contributed by atoms with Crippen molar-refractivity contribution in [2.45, 2.75) is 25.3 Å². The van der Waals surface area contributed by atoms with Gasteiger partial charge in [0.15, 0.2) is 0 Å². The molecule has 0 aromatic heterocycles. The van der Waals surface area contributed by atoms with Crippen molar-refractivity contribution in [2.24, 2.45) is 0 Å². The third kappa shape index (κ3) is 6.01. The van der Waals surface area contributed by atoms with Gasteiger partial charge in [0.05, 0.1) is 6.04 Å². The third-order valence-electron chi connectivity index (χ3n) is 1.73. The first kappa shape index (κ1) is 10.6. The second-order valence-electron chi connectivity index (χ2n) is 2.63. The Morgan fingerprint density at radius 2 is 2.09 bits per heavy atom. The van der Waals surface area contributed by atoms with Crippen molar-refractivity contribution in [2.75, 3.05) is 20.6 Å². The highest BCUT2D eigenvalue weighted by Crippen LogP contribution is 1.97. The topological polar surface area (TPSA) is 41.1 Å². The fourth-order valence-corrected chi connectivity index (χ4v) is 0.946. The highest BCUT2D eigenvalue weighted by Gasteiger charge is 2.01. The van der Waals surface area contributed by atoms with Crippen LogP contribution in [0, 0.1) is 0 Å². The van der Waals surface area contributed by atoms with Crippen LogP contribution in [0.1, 0.15) is 19.3 Å². The molecule has 0 aromatic carbocycles. The fraction of sp³-hybridized carbons (Fsp3) is 0.875. The molecule has 0 spiro atoms. The molecule has 0 aliphatic carbocycles. The number of rotatable bonds is 7. The lowest BCUT2D eigenvalue weighted by Gasteiger charge is -2.07. The van der Waals surface area contributed by atoms with Gasteiger partial charge >= 0.3 is 0 Å². The number of likely N-dealkylation sites (N-methyl/N-ethyl adjacent to an activating group) is 1. The molecule has 2 N–H and O–H groups in total. The summed E-state index contributed by atoms with van der Waals surface area (Å²) >= 11 is 0. The van der Waals surface area contributed by atoms with Gasteiger partial charge in [0.25, 0.3) is 0 Å². The van der Waals surface area contributed by atoms with Crippen molar-refractivity contribution in [3.05, 3.63) is 0 Å². The first-order valence-electron chi connectivity index (χ1n) is 4.12. The Kier molecular flexibility index (Phi) is 7.41. The van der Waals surface area contributed by atoms with Gasteiger partial charge in [0.2, 0.25) is 0 Å². The summed E-state index contributed by atoms with van der Waals surface area (Å²) in [5, 5.41) is 6.01. The highest BCUT2D eigenvalue weighted by atomic mass is 16.1. The van der Waals surface area contributed by atoms with Crippen molar-refractivity contribution < 1.29 is 4.79 Å². The summed E-state index contributed by atoms with van der Waals surface area (Å²) in [6.07, 6.45) is 4.16. The van der Waals surface area contributed by atoms with Gasteiger partial charge < -0.3 is 15.4 Å². The van der Waals surface area contributed by atoms with Crippen molar-refractivity contribution in [1.29, 1.82) is 0 Å². The van der Waals surface area contributed by atoms with Gasteiger partial charge in [-0.1, -0.05) is 6.42 Å². The SMILES string of the molecule is CNCCCC[C@H](C=O)NC. The first-order chi connectivity index (χ1) is 5.35. The summed E-state index contributed by atoms with van der Waals surface area (Å²) in [6.45, 7) is 1.04. The first-order valence-corrected chi connectivity index (χ1v) is 4.12. The smallest absolute Gasteiger partial charge is 0.136 e. The molecule has 0 aromatic rings. The van der Waals surface area contributed by atoms with E-state index in [1.54, 1.807) is 0 Å². The van der Waals surface area contributed by atoms with Crippen LogP contribution in [0.4, 0.5) is 0 Å². The monoisotopic (exact) mass is 158 g/mol. The van der Waals surface area contributed by atoms with Crippen molar-refractivity contribution >= 4 is 6.29 Å². The average molecular weight is 158 g/mol. The zero-order valence-electron chi connectivity index (χ0n) is 7.39. The molecular weight excluding hydrogens is 140 g/mol. The number of nitrogens with one attached hydrogen (secondary N) is 2. The second kappa shape index (κ2) is 7.69. The van der Waals surface area contributed by atoms with Gasteiger partial charge in [-0.3, -0.25) is 0 Å². The fourth-order valence-electron chi connectivity index (χ4n) is 0.946. The van der Waals surface area contributed by atoms with Crippen LogP contribution in [-0.2, 0) is 4.79 Å². The molecular formula is C8H18N2O. The number of carbonyl (C=O) groups excluding carboxylic acids is 1. The Balaban J connectivity index is 3.14. The van der Waals surface area contributed by atoms with Gasteiger partial charge in [-0.05, 0) is 33.5 Å². The lowest BCUT2D eigenvalue weighted by Crippen LogP contribution is -2.26. The Labute approximate surface area is 68.6 Å². The van der Waals surface area contributed by atoms with E-state index in [9.17, 15) is 4.79 Å². The van der Waals surface area contributed by atoms with E-state index in [1.165, 1.54) is 0 Å². The van der Waals surface area contributed by atoms with Crippen LogP contribution in [0.2, 0.25) is 0 Å². The Morgan fingerprint density at radius 1 is 1.36 bits per heavy atom. The van der Waals surface area contributed by atoms with E-state index >= 15 is 0 Å². The van der Waals surface area contributed by atoms with Gasteiger partial charge in [-0.2, -0.15) is 0 Å². The van der Waals surface area contributed by atoms with Crippen LogP contribution < -0.4 is 10.6 Å². The molecule has 66 valence electrons. The van der Waals surface area contributed by atoms with Crippen LogP contribution in [0.3, 0.4) is 0 Å². The molecule has 0 aliphatic rings. The molecule has 3 heteroatoms. The van der Waals surface area contributed by atoms with Gasteiger partial charge in [0.1, 0.15) is 6.29 Å². The molecule has 0 fully saturated rings. The van der Waals surface area contributed by atoms with Crippen LogP contribution in [0.5, 0.6) is 0 Å². The van der Waals surface area contributed by atoms with Crippen molar-refractivity contribution in [1.82, 2.24) is 10.6 Å². The molecule has 0 aliphatic heterocycles. The minimum Gasteiger partial charge on any atom is -0.320 e. The minimum atomic E-state index is 0.0480. The largest absolute Gasteiger partial charge is 0.320 e. The van der Waals surface area contributed by atoms with Crippen LogP contribution in [-0.4, -0.2) is 33.0 Å². The molecule has 1 atom stereocenters. The summed E-state index contributed by atoms with van der Waals surface area (Å²) in [5.41, 5.74) is 0. The quantitative estimate of drug-likeness (QED) is 0.410. The predicted molar refractivity (Wildman–Crippen MR) is 46.7 cm³/mol. The molecule has 0 unspecified atom stereocenters. The summed E-state index contributed by atoms with van der Waals surface area (Å²) < 4.78 is 0. The van der Waals surface area contributed by atoms with Crippen LogP contribution >= 0.6 is 0 Å². The number of hydrogen-bond acceptors (Lipinski definition) is 3. The third-order valence-corrected chi connectivity index (χ3v) is 1.73. The van der Waals surface area contributed by atoms with E-state index in [4.69, 9.17) is 0 Å². The van der Waals surface area contributed by atoms with E-state index < -0.39 is 0 Å². The second-order valence-corrected chi connectivity index (χ2v) is 2.63. The van der Waals surface area contributed by atoms with Crippen molar-refractivity contribution in [3.63, 3.8) is 0 Å². The standard InChI is InChI=1S/C8H18N2O/c1-9-6-4-3-5-8(7-11)10-2/h7-10H,3-6H2,1-2H3/t8-/m1/s1. The Bertz CT molecular complexity index is 96.1. The molecule has 0 saturated heterocycles. The van der Waals surface area contributed by atoms with E-state index in [0.717, 1.165) is 32.1 Å². The lowest BCUT2D eigenvalue weighted by molar-refractivity contribution is -0.109. The molecule has 0 radical (unpaired) electrons. The maximum atomic E-state index is 10.3. The molecule has 0 bridgehead atoms. The van der Waals surface area contributed by atoms with E-state index in [1.807, 2.05) is 14.1 Å². The van der Waals surface area contributed by atoms with Crippen LogP contribution in [0.25, 0.3) is 0 Å². The summed E-state index contributed by atoms with van der Waals surface area (Å²) in [7, 11) is 3.76. The predicted octanol–water partition coefficient (Wildman–Crippen LogP) is 0.163. The number of hydrogen-bond donors (Lipinski definition) is 2. The van der Waals surface area contributed by atoms with Crippen molar-refractivity contribution in [3.8, 4) is 0 Å². The molecule has 11 heavy (non-hydrogen) atoms. The molecule has 0 amide bonds. The zero-order chi connectivity index (χ0) is 8.53. The lowest BCUT2D eigenvalue weighted by atomic mass is 10.1. The van der Waals surface area contributed by atoms with E-state index in [-0.39, 0.29) is 6.04 Å². The van der Waals surface area contributed by atoms with Gasteiger partial charge in [0, 0.05) is 0 Å². The average Bonchev–Trinajstić information content (AvgIpc) is 2.05. The van der Waals surface area contributed by atoms with Gasteiger partial charge in [-0.15, -0.1) is 0 Å². The van der Waals surface area contributed by atoms with Gasteiger partial charge in [-0.25, -0.2) is 0 Å². The number of aldehydes is 1. The summed E-state index contributed by atoms with van der Waals surface area (Å²) in [6, 6.07) is 0.0480. The molecule has 3 nitrogen and oxygen atoms in total. The minimum absolute atomic E-state index is 0.0480. The molecule has 0 heterocycles. The Hall–Kier alpha value is -0.410. The molecule has 0 saturated carbocycles. The summed E-state index contributed by atoms with van der Waals surface area (Å²) in [4.78, 5) is 10.3. The molecule has 0 rings (SSSR count). The summed E-state index contributed by atoms with van der Waals surface area (Å²) in [5.74, 6) is 0. The Morgan fingerprint density at radius 3 is 2.55 bits per heavy atom. The van der Waals surface area contributed by atoms with Crippen LogP contribution in [0.15, 0.2) is 0 Å². The maximum absolute atomic E-state index is 10.3. The maximum Gasteiger partial charge on any atom is 0.136 e. The van der Waals surface area contributed by atoms with E-state index in [0.29, 0.717) is 0 Å². The normalized spacial score (nSPS) is 12.9. The highest BCUT2D eigenvalue weighted by molar-refractivity contribution is 5.57. The van der Waals surface area contributed by atoms with E-state index in [2.05, 4.69) is 10.6 Å².